The fraction of sp³-hybridized carbons (Fsp3) is 0.0833. The van der Waals surface area contributed by atoms with E-state index in [1.165, 1.54) is 6.26 Å². The third-order valence-electron chi connectivity index (χ3n) is 2.20. The van der Waals surface area contributed by atoms with Crippen molar-refractivity contribution in [3.63, 3.8) is 0 Å². The van der Waals surface area contributed by atoms with Crippen molar-refractivity contribution in [1.82, 2.24) is 0 Å². The summed E-state index contributed by atoms with van der Waals surface area (Å²) in [6.45, 7) is 0. The lowest BCUT2D eigenvalue weighted by Crippen LogP contribution is -2.11. The standard InChI is InChI=1S/C12H9BrO3/c13-9-6-7-16-12(9)11(15)10(14)8-4-2-1-3-5-8/h1-7,10,14H. The van der Waals surface area contributed by atoms with Crippen LogP contribution in [0.4, 0.5) is 0 Å². The van der Waals surface area contributed by atoms with Crippen LogP contribution in [0.1, 0.15) is 22.2 Å². The number of hydrogen-bond acceptors (Lipinski definition) is 3. The Bertz CT molecular complexity index is 490. The van der Waals surface area contributed by atoms with Crippen LogP contribution in [0.15, 0.2) is 51.6 Å². The van der Waals surface area contributed by atoms with Crippen LogP contribution in [0.2, 0.25) is 0 Å². The average molecular weight is 281 g/mol. The molecular weight excluding hydrogens is 272 g/mol. The normalized spacial score (nSPS) is 12.4. The lowest BCUT2D eigenvalue weighted by molar-refractivity contribution is 0.0716. The van der Waals surface area contributed by atoms with Crippen molar-refractivity contribution in [2.45, 2.75) is 6.10 Å². The van der Waals surface area contributed by atoms with E-state index in [1.807, 2.05) is 6.07 Å². The van der Waals surface area contributed by atoms with Gasteiger partial charge in [-0.25, -0.2) is 0 Å². The van der Waals surface area contributed by atoms with E-state index >= 15 is 0 Å². The lowest BCUT2D eigenvalue weighted by Gasteiger charge is -2.07. The van der Waals surface area contributed by atoms with Gasteiger partial charge in [0.15, 0.2) is 5.76 Å². The number of benzene rings is 1. The summed E-state index contributed by atoms with van der Waals surface area (Å²) in [6, 6.07) is 10.4. The first kappa shape index (κ1) is 11.1. The summed E-state index contributed by atoms with van der Waals surface area (Å²) in [5.41, 5.74) is 0.552. The minimum Gasteiger partial charge on any atom is -0.460 e. The van der Waals surface area contributed by atoms with Crippen LogP contribution in [-0.4, -0.2) is 10.9 Å². The Labute approximate surface area is 101 Å². The molecule has 1 N–H and O–H groups in total. The number of halogens is 1. The van der Waals surface area contributed by atoms with Crippen molar-refractivity contribution >= 4 is 21.7 Å². The molecule has 3 nitrogen and oxygen atoms in total. The van der Waals surface area contributed by atoms with Gasteiger partial charge in [-0.15, -0.1) is 0 Å². The van der Waals surface area contributed by atoms with Crippen molar-refractivity contribution < 1.29 is 14.3 Å². The van der Waals surface area contributed by atoms with Gasteiger partial charge in [-0.05, 0) is 27.6 Å². The summed E-state index contributed by atoms with van der Waals surface area (Å²) in [7, 11) is 0. The minimum absolute atomic E-state index is 0.136. The molecule has 16 heavy (non-hydrogen) atoms. The van der Waals surface area contributed by atoms with E-state index in [1.54, 1.807) is 30.3 Å². The van der Waals surface area contributed by atoms with Crippen LogP contribution >= 0.6 is 15.9 Å². The van der Waals surface area contributed by atoms with Gasteiger partial charge in [0.25, 0.3) is 0 Å². The fourth-order valence-corrected chi connectivity index (χ4v) is 1.78. The molecule has 4 heteroatoms. The Morgan fingerprint density at radius 2 is 1.94 bits per heavy atom. The van der Waals surface area contributed by atoms with Gasteiger partial charge in [0.05, 0.1) is 10.7 Å². The molecule has 0 aliphatic heterocycles. The molecule has 0 saturated heterocycles. The molecule has 82 valence electrons. The molecule has 0 fully saturated rings. The number of furan rings is 1. The summed E-state index contributed by atoms with van der Waals surface area (Å²) < 4.78 is 5.56. The highest BCUT2D eigenvalue weighted by Gasteiger charge is 2.23. The maximum absolute atomic E-state index is 11.9. The highest BCUT2D eigenvalue weighted by atomic mass is 79.9. The predicted octanol–water partition coefficient (Wildman–Crippen LogP) is 2.96. The van der Waals surface area contributed by atoms with Crippen LogP contribution in [0.5, 0.6) is 0 Å². The maximum Gasteiger partial charge on any atom is 0.232 e. The van der Waals surface area contributed by atoms with Crippen molar-refractivity contribution in [2.24, 2.45) is 0 Å². The van der Waals surface area contributed by atoms with E-state index in [-0.39, 0.29) is 5.76 Å². The predicted molar refractivity (Wildman–Crippen MR) is 62.1 cm³/mol. The maximum atomic E-state index is 11.9. The van der Waals surface area contributed by atoms with Crippen LogP contribution in [0, 0.1) is 0 Å². The Kier molecular flexibility index (Phi) is 3.22. The quantitative estimate of drug-likeness (QED) is 0.880. The van der Waals surface area contributed by atoms with Gasteiger partial charge in [0.1, 0.15) is 6.10 Å². The number of aliphatic hydroxyl groups excluding tert-OH is 1. The molecule has 0 amide bonds. The second-order valence-corrected chi connectivity index (χ2v) is 4.13. The fourth-order valence-electron chi connectivity index (χ4n) is 1.38. The van der Waals surface area contributed by atoms with Gasteiger partial charge in [-0.3, -0.25) is 4.79 Å². The topological polar surface area (TPSA) is 50.4 Å². The smallest absolute Gasteiger partial charge is 0.232 e. The van der Waals surface area contributed by atoms with Crippen LogP contribution < -0.4 is 0 Å². The Morgan fingerprint density at radius 3 is 2.50 bits per heavy atom. The van der Waals surface area contributed by atoms with E-state index in [2.05, 4.69) is 15.9 Å². The first-order valence-electron chi connectivity index (χ1n) is 4.70. The number of rotatable bonds is 3. The number of carbonyl (C=O) groups excluding carboxylic acids is 1. The molecule has 2 rings (SSSR count). The minimum atomic E-state index is -1.19. The van der Waals surface area contributed by atoms with Gasteiger partial charge < -0.3 is 9.52 Å². The molecule has 1 heterocycles. The van der Waals surface area contributed by atoms with Gasteiger partial charge in [0, 0.05) is 0 Å². The highest BCUT2D eigenvalue weighted by Crippen LogP contribution is 2.24. The highest BCUT2D eigenvalue weighted by molar-refractivity contribution is 9.10. The summed E-state index contributed by atoms with van der Waals surface area (Å²) in [4.78, 5) is 11.9. The second kappa shape index (κ2) is 4.63. The number of aliphatic hydroxyl groups is 1. The van der Waals surface area contributed by atoms with E-state index in [0.717, 1.165) is 0 Å². The third kappa shape index (κ3) is 2.08. The van der Waals surface area contributed by atoms with E-state index in [0.29, 0.717) is 10.0 Å². The average Bonchev–Trinajstić information content (AvgIpc) is 2.75. The molecule has 1 aromatic heterocycles. The monoisotopic (exact) mass is 280 g/mol. The molecule has 0 radical (unpaired) electrons. The zero-order valence-corrected chi connectivity index (χ0v) is 9.85. The molecule has 1 aromatic carbocycles. The summed E-state index contributed by atoms with van der Waals surface area (Å²) in [5.74, 6) is -0.320. The van der Waals surface area contributed by atoms with Crippen molar-refractivity contribution in [1.29, 1.82) is 0 Å². The van der Waals surface area contributed by atoms with E-state index < -0.39 is 11.9 Å². The zero-order chi connectivity index (χ0) is 11.5. The number of hydrogen-bond donors (Lipinski definition) is 1. The first-order chi connectivity index (χ1) is 7.70. The van der Waals surface area contributed by atoms with Crippen LogP contribution in [-0.2, 0) is 0 Å². The van der Waals surface area contributed by atoms with Crippen molar-refractivity contribution in [3.8, 4) is 0 Å². The van der Waals surface area contributed by atoms with Gasteiger partial charge in [0.2, 0.25) is 5.78 Å². The largest absolute Gasteiger partial charge is 0.460 e. The number of Topliss-reactive ketones (excluding diaryl/α,β-unsaturated/α-hetero) is 1. The first-order valence-corrected chi connectivity index (χ1v) is 5.49. The molecule has 0 saturated carbocycles. The molecule has 0 bridgehead atoms. The summed E-state index contributed by atoms with van der Waals surface area (Å²) in [5, 5.41) is 9.85. The molecule has 1 unspecified atom stereocenters. The Hall–Kier alpha value is -1.39. The van der Waals surface area contributed by atoms with Crippen LogP contribution in [0.25, 0.3) is 0 Å². The van der Waals surface area contributed by atoms with E-state index in [9.17, 15) is 9.90 Å². The SMILES string of the molecule is O=C(c1occc1Br)C(O)c1ccccc1. The summed E-state index contributed by atoms with van der Waals surface area (Å²) >= 11 is 3.18. The zero-order valence-electron chi connectivity index (χ0n) is 8.26. The Balaban J connectivity index is 2.27. The number of carbonyl (C=O) groups is 1. The lowest BCUT2D eigenvalue weighted by atomic mass is 10.0. The molecule has 1 atom stereocenters. The molecular formula is C12H9BrO3. The molecule has 0 aliphatic rings. The van der Waals surface area contributed by atoms with Crippen molar-refractivity contribution in [2.75, 3.05) is 0 Å². The summed E-state index contributed by atoms with van der Waals surface area (Å²) in [6.07, 6.45) is 0.207. The second-order valence-electron chi connectivity index (χ2n) is 3.28. The Morgan fingerprint density at radius 1 is 1.25 bits per heavy atom. The molecule has 0 aliphatic carbocycles. The van der Waals surface area contributed by atoms with Gasteiger partial charge in [-0.1, -0.05) is 30.3 Å². The number of ketones is 1. The van der Waals surface area contributed by atoms with Crippen LogP contribution in [0.3, 0.4) is 0 Å². The third-order valence-corrected chi connectivity index (χ3v) is 2.83. The van der Waals surface area contributed by atoms with E-state index in [4.69, 9.17) is 4.42 Å². The van der Waals surface area contributed by atoms with Gasteiger partial charge in [-0.2, -0.15) is 0 Å². The van der Waals surface area contributed by atoms with Gasteiger partial charge >= 0.3 is 0 Å². The van der Waals surface area contributed by atoms with Crippen molar-refractivity contribution in [3.05, 3.63) is 58.5 Å². The molecule has 2 aromatic rings. The molecule has 0 spiro atoms.